The molecule has 0 aliphatic carbocycles. The Balaban J connectivity index is 1.59. The third-order valence-electron chi connectivity index (χ3n) is 4.66. The number of carbonyl (C=O) groups is 2. The van der Waals surface area contributed by atoms with E-state index >= 15 is 0 Å². The first-order valence-electron chi connectivity index (χ1n) is 10.3. The summed E-state index contributed by atoms with van der Waals surface area (Å²) in [4.78, 5) is 34.8. The van der Waals surface area contributed by atoms with Gasteiger partial charge in [-0.05, 0) is 61.0 Å². The Hall–Kier alpha value is -4.15. The molecule has 0 bridgehead atoms. The molecule has 12 heteroatoms. The van der Waals surface area contributed by atoms with Crippen LogP contribution in [0.25, 0.3) is 0 Å². The number of nitrogens with zero attached hydrogens (tertiary/aromatic N) is 2. The third-order valence-corrected chi connectivity index (χ3v) is 5.40. The molecular formula is C24H19Cl2N3O7. The van der Waals surface area contributed by atoms with Gasteiger partial charge in [-0.15, -0.1) is 0 Å². The van der Waals surface area contributed by atoms with E-state index in [0.29, 0.717) is 16.3 Å². The number of benzene rings is 3. The van der Waals surface area contributed by atoms with Crippen molar-refractivity contribution in [1.29, 1.82) is 0 Å². The molecule has 3 rings (SSSR count). The lowest BCUT2D eigenvalue weighted by atomic mass is 10.2. The third kappa shape index (κ3) is 6.94. The predicted molar refractivity (Wildman–Crippen MR) is 133 cm³/mol. The van der Waals surface area contributed by atoms with Crippen molar-refractivity contribution in [2.45, 2.75) is 13.0 Å². The van der Waals surface area contributed by atoms with Gasteiger partial charge in [-0.25, -0.2) is 10.2 Å². The van der Waals surface area contributed by atoms with E-state index in [1.54, 1.807) is 12.1 Å². The van der Waals surface area contributed by atoms with Crippen molar-refractivity contribution in [3.05, 3.63) is 92.0 Å². The van der Waals surface area contributed by atoms with Crippen LogP contribution in [0.1, 0.15) is 22.8 Å². The van der Waals surface area contributed by atoms with Gasteiger partial charge in [0.25, 0.3) is 11.6 Å². The van der Waals surface area contributed by atoms with Gasteiger partial charge in [0.05, 0.1) is 33.9 Å². The molecule has 10 nitrogen and oxygen atoms in total. The number of hydrogen-bond donors (Lipinski definition) is 1. The fraction of sp³-hybridized carbons (Fsp3) is 0.125. The number of hydrazone groups is 1. The average Bonchev–Trinajstić information content (AvgIpc) is 2.86. The van der Waals surface area contributed by atoms with Gasteiger partial charge in [0.15, 0.2) is 17.6 Å². The van der Waals surface area contributed by atoms with Gasteiger partial charge >= 0.3 is 5.97 Å². The van der Waals surface area contributed by atoms with E-state index < -0.39 is 22.9 Å². The number of methoxy groups -OCH3 is 1. The summed E-state index contributed by atoms with van der Waals surface area (Å²) in [6, 6.07) is 14.4. The van der Waals surface area contributed by atoms with E-state index in [2.05, 4.69) is 10.5 Å². The summed E-state index contributed by atoms with van der Waals surface area (Å²) in [5.74, 6) is -0.470. The molecule has 0 heterocycles. The zero-order chi connectivity index (χ0) is 26.2. The number of esters is 1. The first kappa shape index (κ1) is 26.5. The number of nitro groups is 1. The van der Waals surface area contributed by atoms with Crippen molar-refractivity contribution in [2.75, 3.05) is 7.11 Å². The molecule has 0 aliphatic rings. The molecule has 0 saturated heterocycles. The quantitative estimate of drug-likeness (QED) is 0.134. The summed E-state index contributed by atoms with van der Waals surface area (Å²) in [7, 11) is 1.41. The summed E-state index contributed by atoms with van der Waals surface area (Å²) < 4.78 is 16.1. The minimum atomic E-state index is -0.915. The van der Waals surface area contributed by atoms with E-state index in [4.69, 9.17) is 37.4 Å². The summed E-state index contributed by atoms with van der Waals surface area (Å²) in [5.41, 5.74) is 3.02. The first-order valence-corrected chi connectivity index (χ1v) is 11.0. The molecule has 0 saturated carbocycles. The van der Waals surface area contributed by atoms with Gasteiger partial charge < -0.3 is 14.2 Å². The summed E-state index contributed by atoms with van der Waals surface area (Å²) in [5, 5.41) is 15.1. The Labute approximate surface area is 215 Å². The van der Waals surface area contributed by atoms with E-state index in [0.717, 1.165) is 0 Å². The summed E-state index contributed by atoms with van der Waals surface area (Å²) in [6.45, 7) is 1.51. The van der Waals surface area contributed by atoms with E-state index in [9.17, 15) is 19.7 Å². The van der Waals surface area contributed by atoms with Crippen LogP contribution in [0.3, 0.4) is 0 Å². The maximum absolute atomic E-state index is 12.4. The standard InChI is InChI=1S/C24H19Cl2N3O7/c1-14(35-18-7-5-17(6-8-18)29(32)33)23(30)28-27-13-15-3-10-21(22(11-15)34-2)36-24(31)16-4-9-19(25)20(26)12-16/h3-14H,1-2H3,(H,28,30)/b27-13-/t14-/m1/s1. The van der Waals surface area contributed by atoms with Gasteiger partial charge in [-0.2, -0.15) is 5.10 Å². The highest BCUT2D eigenvalue weighted by atomic mass is 35.5. The minimum Gasteiger partial charge on any atom is -0.493 e. The first-order chi connectivity index (χ1) is 17.2. The van der Waals surface area contributed by atoms with Gasteiger partial charge in [-0.1, -0.05) is 23.2 Å². The maximum Gasteiger partial charge on any atom is 0.343 e. The fourth-order valence-electron chi connectivity index (χ4n) is 2.80. The summed E-state index contributed by atoms with van der Waals surface area (Å²) >= 11 is 11.8. The molecule has 0 aromatic heterocycles. The lowest BCUT2D eigenvalue weighted by molar-refractivity contribution is -0.384. The molecule has 1 amide bonds. The normalized spacial score (nSPS) is 11.6. The minimum absolute atomic E-state index is 0.0883. The predicted octanol–water partition coefficient (Wildman–Crippen LogP) is 5.05. The van der Waals surface area contributed by atoms with Crippen LogP contribution in [0, 0.1) is 10.1 Å². The van der Waals surface area contributed by atoms with Crippen LogP contribution in [0.4, 0.5) is 5.69 Å². The molecule has 186 valence electrons. The maximum atomic E-state index is 12.4. The molecule has 0 spiro atoms. The van der Waals surface area contributed by atoms with Crippen LogP contribution in [0.5, 0.6) is 17.2 Å². The van der Waals surface area contributed by atoms with Crippen molar-refractivity contribution in [1.82, 2.24) is 5.43 Å². The SMILES string of the molecule is COc1cc(/C=N\NC(=O)[C@@H](C)Oc2ccc([N+](=O)[O-])cc2)ccc1OC(=O)c1ccc(Cl)c(Cl)c1. The fourth-order valence-corrected chi connectivity index (χ4v) is 3.09. The average molecular weight is 532 g/mol. The molecule has 0 aliphatic heterocycles. The molecule has 1 atom stereocenters. The molecule has 36 heavy (non-hydrogen) atoms. The van der Waals surface area contributed by atoms with Gasteiger partial charge in [0.2, 0.25) is 0 Å². The van der Waals surface area contributed by atoms with Gasteiger partial charge in [0, 0.05) is 12.1 Å². The van der Waals surface area contributed by atoms with Crippen molar-refractivity contribution in [3.8, 4) is 17.2 Å². The number of nitrogens with one attached hydrogen (secondary N) is 1. The Kier molecular flexibility index (Phi) is 8.82. The molecular weight excluding hydrogens is 513 g/mol. The smallest absolute Gasteiger partial charge is 0.343 e. The number of rotatable bonds is 9. The second-order valence-electron chi connectivity index (χ2n) is 7.17. The van der Waals surface area contributed by atoms with Crippen LogP contribution in [0.2, 0.25) is 10.0 Å². The second kappa shape index (κ2) is 12.0. The lowest BCUT2D eigenvalue weighted by Gasteiger charge is -2.12. The highest BCUT2D eigenvalue weighted by Crippen LogP contribution is 2.29. The highest BCUT2D eigenvalue weighted by molar-refractivity contribution is 6.42. The van der Waals surface area contributed by atoms with E-state index in [-0.39, 0.29) is 27.8 Å². The Bertz CT molecular complexity index is 1310. The Morgan fingerprint density at radius 2 is 1.75 bits per heavy atom. The van der Waals surface area contributed by atoms with Crippen molar-refractivity contribution >= 4 is 47.0 Å². The van der Waals surface area contributed by atoms with Crippen LogP contribution < -0.4 is 19.6 Å². The topological polar surface area (TPSA) is 129 Å². The van der Waals surface area contributed by atoms with Crippen LogP contribution >= 0.6 is 23.2 Å². The second-order valence-corrected chi connectivity index (χ2v) is 7.99. The molecule has 3 aromatic rings. The number of halogens is 2. The van der Waals surface area contributed by atoms with E-state index in [1.807, 2.05) is 0 Å². The number of carbonyl (C=O) groups excluding carboxylic acids is 2. The highest BCUT2D eigenvalue weighted by Gasteiger charge is 2.16. The molecule has 0 radical (unpaired) electrons. The van der Waals surface area contributed by atoms with Crippen LogP contribution in [-0.4, -0.2) is 36.2 Å². The van der Waals surface area contributed by atoms with Crippen molar-refractivity contribution in [2.24, 2.45) is 5.10 Å². The number of ether oxygens (including phenoxy) is 3. The van der Waals surface area contributed by atoms with Crippen molar-refractivity contribution < 1.29 is 28.7 Å². The Morgan fingerprint density at radius 3 is 2.39 bits per heavy atom. The van der Waals surface area contributed by atoms with Crippen LogP contribution in [-0.2, 0) is 4.79 Å². The zero-order valence-electron chi connectivity index (χ0n) is 18.9. The number of hydrogen-bond acceptors (Lipinski definition) is 8. The lowest BCUT2D eigenvalue weighted by Crippen LogP contribution is -2.33. The number of amides is 1. The largest absolute Gasteiger partial charge is 0.493 e. The van der Waals surface area contributed by atoms with Crippen molar-refractivity contribution in [3.63, 3.8) is 0 Å². The van der Waals surface area contributed by atoms with Gasteiger partial charge in [-0.3, -0.25) is 14.9 Å². The van der Waals surface area contributed by atoms with Crippen LogP contribution in [0.15, 0.2) is 65.8 Å². The number of nitro benzene ring substituents is 1. The monoisotopic (exact) mass is 531 g/mol. The molecule has 1 N–H and O–H groups in total. The molecule has 3 aromatic carbocycles. The summed E-state index contributed by atoms with van der Waals surface area (Å²) in [6.07, 6.45) is 0.449. The Morgan fingerprint density at radius 1 is 1.03 bits per heavy atom. The van der Waals surface area contributed by atoms with Gasteiger partial charge in [0.1, 0.15) is 5.75 Å². The molecule has 0 fully saturated rings. The zero-order valence-corrected chi connectivity index (χ0v) is 20.4. The molecule has 0 unspecified atom stereocenters. The van der Waals surface area contributed by atoms with E-state index in [1.165, 1.54) is 68.8 Å². The number of non-ortho nitro benzene ring substituents is 1.